The number of carbonyl (C=O) groups is 3. The van der Waals surface area contributed by atoms with Gasteiger partial charge in [0.15, 0.2) is 6.10 Å². The molecule has 0 aliphatic rings. The Morgan fingerprint density at radius 3 is 0.763 bits per heavy atom. The predicted molar refractivity (Wildman–Crippen MR) is 330 cm³/mol. The van der Waals surface area contributed by atoms with Crippen LogP contribution in [0.4, 0.5) is 0 Å². The van der Waals surface area contributed by atoms with Crippen molar-refractivity contribution in [2.45, 2.75) is 367 Å². The minimum Gasteiger partial charge on any atom is -0.462 e. The highest BCUT2D eigenvalue weighted by molar-refractivity contribution is 5.71. The van der Waals surface area contributed by atoms with E-state index in [-0.39, 0.29) is 31.1 Å². The smallest absolute Gasteiger partial charge is 0.306 e. The molecule has 0 bridgehead atoms. The number of hydrogen-bond donors (Lipinski definition) is 0. The SMILES string of the molecule is CCCCC/C=C\CCCCCCCC(=O)OCC(COC(=O)CCCCCCCCCCCCCCCCCCC/C=C\C/C=C\CCCCCCC)OC(=O)CCCCCCCCC/C=C\CCCCCCCC. The van der Waals surface area contributed by atoms with Crippen molar-refractivity contribution >= 4 is 17.9 Å². The Labute approximate surface area is 473 Å². The molecule has 76 heavy (non-hydrogen) atoms. The molecular formula is C70H128O6. The van der Waals surface area contributed by atoms with Crippen LogP contribution in [0, 0.1) is 0 Å². The molecule has 6 nitrogen and oxygen atoms in total. The topological polar surface area (TPSA) is 78.9 Å². The standard InChI is InChI=1S/C70H128O6/c1-4-7-10-13-16-19-22-25-27-29-30-31-32-33-34-35-36-37-38-39-40-42-43-45-48-51-54-57-60-63-69(72)75-66-67(65-74-68(71)62-59-56-53-50-47-24-21-18-15-12-9-6-3)76-70(73)64-61-58-55-52-49-46-44-41-28-26-23-20-17-14-11-8-5-2/h18,21-22,25-26,28-30,67H,4-17,19-20,23-24,27,31-66H2,1-3H3/b21-18-,25-22-,28-26-,30-29-. The molecule has 0 saturated carbocycles. The van der Waals surface area contributed by atoms with Gasteiger partial charge in [0.05, 0.1) is 0 Å². The summed E-state index contributed by atoms with van der Waals surface area (Å²) in [5, 5.41) is 0. The summed E-state index contributed by atoms with van der Waals surface area (Å²) in [5.41, 5.74) is 0. The van der Waals surface area contributed by atoms with Crippen molar-refractivity contribution in [3.8, 4) is 0 Å². The molecule has 0 radical (unpaired) electrons. The van der Waals surface area contributed by atoms with E-state index in [1.807, 2.05) is 0 Å². The molecule has 0 aromatic heterocycles. The first-order chi connectivity index (χ1) is 37.5. The first-order valence-electron chi connectivity index (χ1n) is 33.6. The fraction of sp³-hybridized carbons (Fsp3) is 0.843. The molecule has 6 heteroatoms. The molecule has 1 atom stereocenters. The van der Waals surface area contributed by atoms with Crippen molar-refractivity contribution in [3.05, 3.63) is 48.6 Å². The third kappa shape index (κ3) is 62.2. The van der Waals surface area contributed by atoms with Crippen LogP contribution < -0.4 is 0 Å². The van der Waals surface area contributed by atoms with Gasteiger partial charge in [0.2, 0.25) is 0 Å². The van der Waals surface area contributed by atoms with Gasteiger partial charge < -0.3 is 14.2 Å². The number of esters is 3. The average molecular weight is 1070 g/mol. The lowest BCUT2D eigenvalue weighted by atomic mass is 10.0. The predicted octanol–water partition coefficient (Wildman–Crippen LogP) is 22.9. The average Bonchev–Trinajstić information content (AvgIpc) is 3.42. The fourth-order valence-electron chi connectivity index (χ4n) is 9.94. The van der Waals surface area contributed by atoms with E-state index >= 15 is 0 Å². The number of unbranched alkanes of at least 4 members (excludes halogenated alkanes) is 43. The molecule has 0 saturated heterocycles. The maximum atomic E-state index is 12.9. The maximum Gasteiger partial charge on any atom is 0.306 e. The summed E-state index contributed by atoms with van der Waals surface area (Å²) in [4.78, 5) is 38.3. The Morgan fingerprint density at radius 2 is 0.474 bits per heavy atom. The summed E-state index contributed by atoms with van der Waals surface area (Å²) >= 11 is 0. The Bertz CT molecular complexity index is 1310. The largest absolute Gasteiger partial charge is 0.462 e. The van der Waals surface area contributed by atoms with Gasteiger partial charge in [-0.3, -0.25) is 14.4 Å². The van der Waals surface area contributed by atoms with Crippen molar-refractivity contribution in [1.82, 2.24) is 0 Å². The van der Waals surface area contributed by atoms with Gasteiger partial charge in [-0.15, -0.1) is 0 Å². The van der Waals surface area contributed by atoms with Crippen molar-refractivity contribution in [1.29, 1.82) is 0 Å². The lowest BCUT2D eigenvalue weighted by Crippen LogP contribution is -2.30. The molecule has 0 amide bonds. The van der Waals surface area contributed by atoms with E-state index in [4.69, 9.17) is 14.2 Å². The highest BCUT2D eigenvalue weighted by Crippen LogP contribution is 2.17. The van der Waals surface area contributed by atoms with Crippen LogP contribution in [0.3, 0.4) is 0 Å². The third-order valence-corrected chi connectivity index (χ3v) is 15.0. The van der Waals surface area contributed by atoms with E-state index in [1.54, 1.807) is 0 Å². The number of allylic oxidation sites excluding steroid dienone is 8. The van der Waals surface area contributed by atoms with Crippen LogP contribution in [0.5, 0.6) is 0 Å². The second kappa shape index (κ2) is 64.9. The van der Waals surface area contributed by atoms with Crippen LogP contribution >= 0.6 is 0 Å². The van der Waals surface area contributed by atoms with Gasteiger partial charge in [-0.05, 0) is 103 Å². The van der Waals surface area contributed by atoms with Crippen molar-refractivity contribution in [2.75, 3.05) is 13.2 Å². The number of carbonyl (C=O) groups excluding carboxylic acids is 3. The maximum absolute atomic E-state index is 12.9. The zero-order valence-electron chi connectivity index (χ0n) is 51.0. The quantitative estimate of drug-likeness (QED) is 0.0261. The first kappa shape index (κ1) is 73.4. The molecule has 0 fully saturated rings. The van der Waals surface area contributed by atoms with Crippen LogP contribution in [0.2, 0.25) is 0 Å². The van der Waals surface area contributed by atoms with Crippen LogP contribution in [0.15, 0.2) is 48.6 Å². The van der Waals surface area contributed by atoms with E-state index in [0.29, 0.717) is 19.3 Å². The van der Waals surface area contributed by atoms with Gasteiger partial charge in [0.1, 0.15) is 13.2 Å². The molecule has 0 aliphatic heterocycles. The summed E-state index contributed by atoms with van der Waals surface area (Å²) in [7, 11) is 0. The summed E-state index contributed by atoms with van der Waals surface area (Å²) < 4.78 is 16.9. The second-order valence-corrected chi connectivity index (χ2v) is 22.7. The zero-order chi connectivity index (χ0) is 55.0. The molecule has 0 aromatic carbocycles. The monoisotopic (exact) mass is 1060 g/mol. The third-order valence-electron chi connectivity index (χ3n) is 15.0. The van der Waals surface area contributed by atoms with Gasteiger partial charge in [0.25, 0.3) is 0 Å². The number of hydrogen-bond acceptors (Lipinski definition) is 6. The van der Waals surface area contributed by atoms with E-state index in [1.165, 1.54) is 250 Å². The highest BCUT2D eigenvalue weighted by atomic mass is 16.6. The molecule has 1 unspecified atom stereocenters. The minimum absolute atomic E-state index is 0.0740. The summed E-state index contributed by atoms with van der Waals surface area (Å²) in [6, 6.07) is 0. The number of ether oxygens (including phenoxy) is 3. The summed E-state index contributed by atoms with van der Waals surface area (Å²) in [6.45, 7) is 6.64. The molecule has 0 rings (SSSR count). The molecule has 0 spiro atoms. The lowest BCUT2D eigenvalue weighted by Gasteiger charge is -2.18. The van der Waals surface area contributed by atoms with Crippen LogP contribution in [0.25, 0.3) is 0 Å². The van der Waals surface area contributed by atoms with Crippen LogP contribution in [0.1, 0.15) is 361 Å². The number of rotatable bonds is 62. The molecule has 0 N–H and O–H groups in total. The molecule has 0 aliphatic carbocycles. The summed E-state index contributed by atoms with van der Waals surface area (Å²) in [6.07, 6.45) is 81.4. The Hall–Kier alpha value is -2.63. The zero-order valence-corrected chi connectivity index (χ0v) is 51.0. The van der Waals surface area contributed by atoms with E-state index < -0.39 is 6.10 Å². The molecule has 444 valence electrons. The van der Waals surface area contributed by atoms with Gasteiger partial charge >= 0.3 is 17.9 Å². The van der Waals surface area contributed by atoms with Crippen LogP contribution in [-0.2, 0) is 28.6 Å². The van der Waals surface area contributed by atoms with E-state index in [2.05, 4.69) is 69.4 Å². The lowest BCUT2D eigenvalue weighted by molar-refractivity contribution is -0.167. The van der Waals surface area contributed by atoms with Gasteiger partial charge in [-0.1, -0.05) is 288 Å². The highest BCUT2D eigenvalue weighted by Gasteiger charge is 2.19. The van der Waals surface area contributed by atoms with E-state index in [0.717, 1.165) is 70.6 Å². The molecular weight excluding hydrogens is 937 g/mol. The minimum atomic E-state index is -0.777. The van der Waals surface area contributed by atoms with Crippen molar-refractivity contribution < 1.29 is 28.6 Å². The Morgan fingerprint density at radius 1 is 0.263 bits per heavy atom. The second-order valence-electron chi connectivity index (χ2n) is 22.7. The first-order valence-corrected chi connectivity index (χ1v) is 33.6. The normalized spacial score (nSPS) is 12.3. The summed E-state index contributed by atoms with van der Waals surface area (Å²) in [5.74, 6) is -0.867. The molecule has 0 heterocycles. The Kier molecular flexibility index (Phi) is 62.6. The van der Waals surface area contributed by atoms with Gasteiger partial charge in [-0.2, -0.15) is 0 Å². The van der Waals surface area contributed by atoms with Crippen molar-refractivity contribution in [2.24, 2.45) is 0 Å². The van der Waals surface area contributed by atoms with Crippen molar-refractivity contribution in [3.63, 3.8) is 0 Å². The van der Waals surface area contributed by atoms with Gasteiger partial charge in [0, 0.05) is 19.3 Å². The van der Waals surface area contributed by atoms with Gasteiger partial charge in [-0.25, -0.2) is 0 Å². The van der Waals surface area contributed by atoms with E-state index in [9.17, 15) is 14.4 Å². The Balaban J connectivity index is 4.18. The van der Waals surface area contributed by atoms with Crippen LogP contribution in [-0.4, -0.2) is 37.2 Å². The fourth-order valence-corrected chi connectivity index (χ4v) is 9.94. The molecule has 0 aromatic rings.